The summed E-state index contributed by atoms with van der Waals surface area (Å²) in [5.41, 5.74) is 2.78. The molecular formula is C23H26N2O5. The second kappa shape index (κ2) is 9.93. The van der Waals surface area contributed by atoms with Crippen molar-refractivity contribution in [1.29, 1.82) is 0 Å². The zero-order valence-corrected chi connectivity index (χ0v) is 17.4. The van der Waals surface area contributed by atoms with Crippen LogP contribution in [0.3, 0.4) is 0 Å². The van der Waals surface area contributed by atoms with E-state index >= 15 is 0 Å². The number of esters is 1. The number of benzene rings is 2. The molecule has 2 aromatic carbocycles. The average Bonchev–Trinajstić information content (AvgIpc) is 2.77. The number of hydrogen-bond donors (Lipinski definition) is 1. The Balaban J connectivity index is 1.77. The Morgan fingerprint density at radius 1 is 1.07 bits per heavy atom. The Hall–Kier alpha value is -3.32. The summed E-state index contributed by atoms with van der Waals surface area (Å²) >= 11 is 0. The standard InChI is InChI=1S/C23H26N2O5/c1-16-20(22(26)29-14-13-28-3)21(24-23(27)25(16)2)18-9-11-19(12-10-18)30-15-17-7-5-4-6-8-17/h4-12,21H,13-15H2,1-3H3,(H,24,27). The largest absolute Gasteiger partial charge is 0.489 e. The molecule has 0 saturated carbocycles. The number of carbonyl (C=O) groups is 2. The van der Waals surface area contributed by atoms with Crippen LogP contribution < -0.4 is 10.1 Å². The van der Waals surface area contributed by atoms with Gasteiger partial charge in [0.05, 0.1) is 18.2 Å². The lowest BCUT2D eigenvalue weighted by Crippen LogP contribution is -2.46. The minimum atomic E-state index is -0.605. The summed E-state index contributed by atoms with van der Waals surface area (Å²) in [4.78, 5) is 26.4. The molecule has 1 aliphatic heterocycles. The molecule has 0 aliphatic carbocycles. The molecule has 3 rings (SSSR count). The molecule has 2 amide bonds. The Morgan fingerprint density at radius 2 is 1.77 bits per heavy atom. The number of hydrogen-bond acceptors (Lipinski definition) is 5. The Kier molecular flexibility index (Phi) is 7.08. The summed E-state index contributed by atoms with van der Waals surface area (Å²) in [7, 11) is 3.15. The monoisotopic (exact) mass is 410 g/mol. The van der Waals surface area contributed by atoms with Crippen LogP contribution >= 0.6 is 0 Å². The maximum Gasteiger partial charge on any atom is 0.338 e. The van der Waals surface area contributed by atoms with Gasteiger partial charge in [-0.15, -0.1) is 0 Å². The molecule has 0 saturated heterocycles. The van der Waals surface area contributed by atoms with Crippen LogP contribution in [0.15, 0.2) is 65.9 Å². The summed E-state index contributed by atoms with van der Waals surface area (Å²) < 4.78 is 16.1. The van der Waals surface area contributed by atoms with Gasteiger partial charge in [0.2, 0.25) is 0 Å². The van der Waals surface area contributed by atoms with Crippen molar-refractivity contribution in [2.24, 2.45) is 0 Å². The van der Waals surface area contributed by atoms with Crippen molar-refractivity contribution in [2.45, 2.75) is 19.6 Å². The predicted molar refractivity (Wildman–Crippen MR) is 112 cm³/mol. The predicted octanol–water partition coefficient (Wildman–Crippen LogP) is 3.43. The summed E-state index contributed by atoms with van der Waals surface area (Å²) in [5.74, 6) is 0.220. The molecule has 0 fully saturated rings. The third kappa shape index (κ3) is 4.99. The van der Waals surface area contributed by atoms with Crippen LogP contribution in [-0.4, -0.2) is 44.3 Å². The van der Waals surface area contributed by atoms with E-state index in [1.54, 1.807) is 14.0 Å². The van der Waals surface area contributed by atoms with Gasteiger partial charge in [0, 0.05) is 19.9 Å². The van der Waals surface area contributed by atoms with Gasteiger partial charge < -0.3 is 24.4 Å². The fourth-order valence-electron chi connectivity index (χ4n) is 3.14. The molecule has 0 spiro atoms. The highest BCUT2D eigenvalue weighted by molar-refractivity contribution is 5.95. The number of amides is 2. The van der Waals surface area contributed by atoms with E-state index in [0.717, 1.165) is 11.1 Å². The van der Waals surface area contributed by atoms with E-state index in [9.17, 15) is 9.59 Å². The molecule has 1 atom stereocenters. The lowest BCUT2D eigenvalue weighted by atomic mass is 9.95. The molecule has 0 aromatic heterocycles. The molecule has 30 heavy (non-hydrogen) atoms. The SMILES string of the molecule is COCCOC(=O)C1=C(C)N(C)C(=O)NC1c1ccc(OCc2ccccc2)cc1. The van der Waals surface area contributed by atoms with E-state index in [1.165, 1.54) is 12.0 Å². The number of nitrogens with zero attached hydrogens (tertiary/aromatic N) is 1. The Labute approximate surface area is 176 Å². The van der Waals surface area contributed by atoms with Crippen LogP contribution in [0.1, 0.15) is 24.1 Å². The highest BCUT2D eigenvalue weighted by atomic mass is 16.6. The molecule has 1 unspecified atom stereocenters. The fraction of sp³-hybridized carbons (Fsp3) is 0.304. The molecule has 1 aliphatic rings. The zero-order chi connectivity index (χ0) is 21.5. The lowest BCUT2D eigenvalue weighted by Gasteiger charge is -2.33. The molecule has 158 valence electrons. The second-order valence-electron chi connectivity index (χ2n) is 6.91. The van der Waals surface area contributed by atoms with Crippen LogP contribution in [0, 0.1) is 0 Å². The third-order valence-electron chi connectivity index (χ3n) is 4.96. The number of ether oxygens (including phenoxy) is 3. The van der Waals surface area contributed by atoms with Crippen LogP contribution in [-0.2, 0) is 20.9 Å². The molecule has 7 nitrogen and oxygen atoms in total. The number of nitrogens with one attached hydrogen (secondary N) is 1. The van der Waals surface area contributed by atoms with Crippen molar-refractivity contribution in [3.05, 3.63) is 77.0 Å². The second-order valence-corrected chi connectivity index (χ2v) is 6.91. The van der Waals surface area contributed by atoms with E-state index in [4.69, 9.17) is 14.2 Å². The van der Waals surface area contributed by atoms with E-state index in [1.807, 2.05) is 54.6 Å². The van der Waals surface area contributed by atoms with Crippen molar-refractivity contribution in [1.82, 2.24) is 10.2 Å². The van der Waals surface area contributed by atoms with Gasteiger partial charge in [0.15, 0.2) is 0 Å². The van der Waals surface area contributed by atoms with Crippen molar-refractivity contribution in [3.8, 4) is 5.75 Å². The van der Waals surface area contributed by atoms with Crippen molar-refractivity contribution < 1.29 is 23.8 Å². The molecule has 2 aromatic rings. The fourth-order valence-corrected chi connectivity index (χ4v) is 3.14. The van der Waals surface area contributed by atoms with Crippen LogP contribution in [0.25, 0.3) is 0 Å². The molecule has 0 bridgehead atoms. The summed E-state index contributed by atoms with van der Waals surface area (Å²) in [6.07, 6.45) is 0. The first kappa shape index (κ1) is 21.4. The van der Waals surface area contributed by atoms with E-state index in [-0.39, 0.29) is 12.6 Å². The lowest BCUT2D eigenvalue weighted by molar-refractivity contribution is -0.140. The number of carbonyl (C=O) groups excluding carboxylic acids is 2. The average molecular weight is 410 g/mol. The van der Waals surface area contributed by atoms with Crippen LogP contribution in [0.4, 0.5) is 4.79 Å². The molecule has 1 heterocycles. The summed E-state index contributed by atoms with van der Waals surface area (Å²) in [5, 5.41) is 2.87. The third-order valence-corrected chi connectivity index (χ3v) is 4.96. The van der Waals surface area contributed by atoms with E-state index in [2.05, 4.69) is 5.32 Å². The number of rotatable bonds is 8. The molecular weight excluding hydrogens is 384 g/mol. The first-order valence-electron chi connectivity index (χ1n) is 9.69. The summed E-state index contributed by atoms with van der Waals surface area (Å²) in [6.45, 7) is 2.64. The quantitative estimate of drug-likeness (QED) is 0.533. The minimum Gasteiger partial charge on any atom is -0.489 e. The molecule has 1 N–H and O–H groups in total. The molecule has 0 radical (unpaired) electrons. The Bertz CT molecular complexity index is 909. The Morgan fingerprint density at radius 3 is 2.43 bits per heavy atom. The van der Waals surface area contributed by atoms with Crippen LogP contribution in [0.5, 0.6) is 5.75 Å². The van der Waals surface area contributed by atoms with E-state index in [0.29, 0.717) is 30.2 Å². The van der Waals surface area contributed by atoms with Gasteiger partial charge in [0.1, 0.15) is 19.0 Å². The molecule has 7 heteroatoms. The van der Waals surface area contributed by atoms with Gasteiger partial charge in [0.25, 0.3) is 0 Å². The normalized spacial score (nSPS) is 16.3. The topological polar surface area (TPSA) is 77.1 Å². The number of methoxy groups -OCH3 is 1. The maximum atomic E-state index is 12.7. The van der Waals surface area contributed by atoms with Gasteiger partial charge in [-0.25, -0.2) is 9.59 Å². The number of urea groups is 1. The van der Waals surface area contributed by atoms with Crippen molar-refractivity contribution >= 4 is 12.0 Å². The van der Waals surface area contributed by atoms with E-state index < -0.39 is 12.0 Å². The maximum absolute atomic E-state index is 12.7. The number of allylic oxidation sites excluding steroid dienone is 1. The van der Waals surface area contributed by atoms with Gasteiger partial charge >= 0.3 is 12.0 Å². The van der Waals surface area contributed by atoms with Gasteiger partial charge in [-0.1, -0.05) is 42.5 Å². The zero-order valence-electron chi connectivity index (χ0n) is 17.4. The summed E-state index contributed by atoms with van der Waals surface area (Å²) in [6, 6.07) is 16.3. The van der Waals surface area contributed by atoms with Crippen molar-refractivity contribution in [3.63, 3.8) is 0 Å². The first-order valence-corrected chi connectivity index (χ1v) is 9.69. The van der Waals surface area contributed by atoms with Gasteiger partial charge in [-0.05, 0) is 30.2 Å². The van der Waals surface area contributed by atoms with Crippen molar-refractivity contribution in [2.75, 3.05) is 27.4 Å². The minimum absolute atomic E-state index is 0.142. The first-order chi connectivity index (χ1) is 14.5. The highest BCUT2D eigenvalue weighted by Gasteiger charge is 2.35. The smallest absolute Gasteiger partial charge is 0.338 e. The van der Waals surface area contributed by atoms with Gasteiger partial charge in [-0.2, -0.15) is 0 Å². The van der Waals surface area contributed by atoms with Gasteiger partial charge in [-0.3, -0.25) is 0 Å². The van der Waals surface area contributed by atoms with Crippen LogP contribution in [0.2, 0.25) is 0 Å². The highest BCUT2D eigenvalue weighted by Crippen LogP contribution is 2.31.